The number of aryl methyl sites for hydroxylation is 1. The van der Waals surface area contributed by atoms with Crippen molar-refractivity contribution in [3.05, 3.63) is 29.3 Å². The number of hydrogen-bond acceptors (Lipinski definition) is 2. The Balaban J connectivity index is 2.82. The van der Waals surface area contributed by atoms with Crippen LogP contribution in [-0.2, 0) is 6.42 Å². The van der Waals surface area contributed by atoms with E-state index >= 15 is 0 Å². The first-order valence-corrected chi connectivity index (χ1v) is 4.92. The van der Waals surface area contributed by atoms with Gasteiger partial charge in [0.2, 0.25) is 0 Å². The average Bonchev–Trinajstić information content (AvgIpc) is 2.15. The molecule has 2 nitrogen and oxygen atoms in total. The van der Waals surface area contributed by atoms with Crippen LogP contribution in [0, 0.1) is 17.2 Å². The maximum Gasteiger partial charge on any atom is 0.0995 e. The van der Waals surface area contributed by atoms with Crippen LogP contribution in [0.5, 0.6) is 0 Å². The summed E-state index contributed by atoms with van der Waals surface area (Å²) in [6.07, 6.45) is 2.07. The molecule has 2 heteroatoms. The molecule has 0 bridgehead atoms. The van der Waals surface area contributed by atoms with Crippen LogP contribution >= 0.6 is 0 Å². The van der Waals surface area contributed by atoms with E-state index in [-0.39, 0.29) is 0 Å². The van der Waals surface area contributed by atoms with Gasteiger partial charge in [-0.25, -0.2) is 0 Å². The molecule has 0 saturated heterocycles. The Kier molecular flexibility index (Phi) is 3.53. The van der Waals surface area contributed by atoms with Gasteiger partial charge in [-0.1, -0.05) is 19.9 Å². The van der Waals surface area contributed by atoms with Crippen LogP contribution in [0.15, 0.2) is 18.2 Å². The van der Waals surface area contributed by atoms with Crippen LogP contribution in [0.3, 0.4) is 0 Å². The largest absolute Gasteiger partial charge is 0.399 e. The smallest absolute Gasteiger partial charge is 0.0995 e. The summed E-state index contributed by atoms with van der Waals surface area (Å²) >= 11 is 0. The van der Waals surface area contributed by atoms with Gasteiger partial charge in [-0.2, -0.15) is 5.26 Å². The minimum atomic E-state index is 0.662. The normalized spacial score (nSPS) is 10.1. The molecule has 0 saturated carbocycles. The molecule has 1 aromatic carbocycles. The van der Waals surface area contributed by atoms with E-state index in [0.29, 0.717) is 17.2 Å². The summed E-state index contributed by atoms with van der Waals surface area (Å²) in [6.45, 7) is 4.37. The molecule has 0 aliphatic carbocycles. The van der Waals surface area contributed by atoms with Crippen molar-refractivity contribution in [1.82, 2.24) is 0 Å². The molecule has 0 aromatic heterocycles. The van der Waals surface area contributed by atoms with Crippen LogP contribution < -0.4 is 5.73 Å². The van der Waals surface area contributed by atoms with Gasteiger partial charge in [0.25, 0.3) is 0 Å². The van der Waals surface area contributed by atoms with Crippen molar-refractivity contribution in [3.63, 3.8) is 0 Å². The van der Waals surface area contributed by atoms with Crippen molar-refractivity contribution in [2.75, 3.05) is 5.73 Å². The Morgan fingerprint density at radius 2 is 2.14 bits per heavy atom. The Morgan fingerprint density at radius 3 is 2.71 bits per heavy atom. The summed E-state index contributed by atoms with van der Waals surface area (Å²) in [5, 5.41) is 8.90. The zero-order valence-corrected chi connectivity index (χ0v) is 8.75. The van der Waals surface area contributed by atoms with Crippen molar-refractivity contribution in [1.29, 1.82) is 5.26 Å². The third-order valence-corrected chi connectivity index (χ3v) is 2.25. The molecule has 14 heavy (non-hydrogen) atoms. The molecule has 0 atom stereocenters. The summed E-state index contributed by atoms with van der Waals surface area (Å²) in [5.41, 5.74) is 8.09. The second-order valence-electron chi connectivity index (χ2n) is 3.96. The molecule has 0 unspecified atom stereocenters. The van der Waals surface area contributed by atoms with Gasteiger partial charge in [0.05, 0.1) is 11.6 Å². The minimum absolute atomic E-state index is 0.662. The lowest BCUT2D eigenvalue weighted by atomic mass is 9.99. The maximum absolute atomic E-state index is 8.90. The first-order chi connectivity index (χ1) is 6.63. The van der Waals surface area contributed by atoms with Crippen molar-refractivity contribution >= 4 is 5.69 Å². The van der Waals surface area contributed by atoms with E-state index in [2.05, 4.69) is 19.9 Å². The van der Waals surface area contributed by atoms with E-state index in [0.717, 1.165) is 18.4 Å². The van der Waals surface area contributed by atoms with Crippen LogP contribution in [0.25, 0.3) is 0 Å². The Morgan fingerprint density at radius 1 is 1.43 bits per heavy atom. The van der Waals surface area contributed by atoms with Gasteiger partial charge in [0, 0.05) is 5.69 Å². The Hall–Kier alpha value is -1.49. The van der Waals surface area contributed by atoms with Crippen molar-refractivity contribution in [2.24, 2.45) is 5.92 Å². The molecular formula is C12H16N2. The number of rotatable bonds is 3. The fourth-order valence-electron chi connectivity index (χ4n) is 1.36. The van der Waals surface area contributed by atoms with Gasteiger partial charge in [-0.3, -0.25) is 0 Å². The molecule has 0 aliphatic rings. The molecule has 0 aliphatic heterocycles. The first kappa shape index (κ1) is 10.6. The number of nitrogens with two attached hydrogens (primary N) is 1. The fraction of sp³-hybridized carbons (Fsp3) is 0.417. The number of hydrogen-bond donors (Lipinski definition) is 1. The third kappa shape index (κ3) is 2.77. The predicted molar refractivity (Wildman–Crippen MR) is 58.7 cm³/mol. The highest BCUT2D eigenvalue weighted by Crippen LogP contribution is 2.16. The van der Waals surface area contributed by atoms with Gasteiger partial charge in [0.1, 0.15) is 0 Å². The van der Waals surface area contributed by atoms with Crippen molar-refractivity contribution in [3.8, 4) is 6.07 Å². The number of nitrogen functional groups attached to an aromatic ring is 1. The Labute approximate surface area is 85.4 Å². The Bertz CT molecular complexity index is 348. The number of anilines is 1. The third-order valence-electron chi connectivity index (χ3n) is 2.25. The maximum atomic E-state index is 8.90. The van der Waals surface area contributed by atoms with E-state index < -0.39 is 0 Å². The summed E-state index contributed by atoms with van der Waals surface area (Å²) in [5.74, 6) is 0.666. The molecule has 74 valence electrons. The second-order valence-corrected chi connectivity index (χ2v) is 3.96. The molecule has 0 amide bonds. The van der Waals surface area contributed by atoms with E-state index in [4.69, 9.17) is 11.0 Å². The van der Waals surface area contributed by atoms with Gasteiger partial charge in [0.15, 0.2) is 0 Å². The monoisotopic (exact) mass is 188 g/mol. The van der Waals surface area contributed by atoms with Crippen LogP contribution in [0.1, 0.15) is 31.4 Å². The molecule has 0 fully saturated rings. The first-order valence-electron chi connectivity index (χ1n) is 4.92. The number of nitrogens with zero attached hydrogens (tertiary/aromatic N) is 1. The summed E-state index contributed by atoms with van der Waals surface area (Å²) in [4.78, 5) is 0. The topological polar surface area (TPSA) is 49.8 Å². The zero-order valence-electron chi connectivity index (χ0n) is 8.75. The van der Waals surface area contributed by atoms with Crippen molar-refractivity contribution < 1.29 is 0 Å². The highest BCUT2D eigenvalue weighted by Gasteiger charge is 2.03. The quantitative estimate of drug-likeness (QED) is 0.741. The van der Waals surface area contributed by atoms with E-state index in [1.54, 1.807) is 6.07 Å². The molecule has 0 radical (unpaired) electrons. The van der Waals surface area contributed by atoms with Gasteiger partial charge in [-0.15, -0.1) is 0 Å². The standard InChI is InChI=1S/C12H16N2/c1-9(2)3-4-10-5-6-12(14)7-11(10)8-13/h5-7,9H,3-4,14H2,1-2H3. The number of benzene rings is 1. The molecular weight excluding hydrogens is 172 g/mol. The average molecular weight is 188 g/mol. The van der Waals surface area contributed by atoms with Gasteiger partial charge >= 0.3 is 0 Å². The highest BCUT2D eigenvalue weighted by atomic mass is 14.5. The van der Waals surface area contributed by atoms with Crippen LogP contribution in [0.2, 0.25) is 0 Å². The second kappa shape index (κ2) is 4.66. The molecule has 1 rings (SSSR count). The lowest BCUT2D eigenvalue weighted by Crippen LogP contribution is -1.96. The minimum Gasteiger partial charge on any atom is -0.399 e. The molecule has 1 aromatic rings. The molecule has 0 spiro atoms. The summed E-state index contributed by atoms with van der Waals surface area (Å²) < 4.78 is 0. The summed E-state index contributed by atoms with van der Waals surface area (Å²) in [6, 6.07) is 7.74. The van der Waals surface area contributed by atoms with E-state index in [9.17, 15) is 0 Å². The zero-order chi connectivity index (χ0) is 10.6. The van der Waals surface area contributed by atoms with Gasteiger partial charge in [-0.05, 0) is 36.5 Å². The van der Waals surface area contributed by atoms with Gasteiger partial charge < -0.3 is 5.73 Å². The SMILES string of the molecule is CC(C)CCc1ccc(N)cc1C#N. The summed E-state index contributed by atoms with van der Waals surface area (Å²) in [7, 11) is 0. The highest BCUT2D eigenvalue weighted by molar-refractivity contribution is 5.49. The lowest BCUT2D eigenvalue weighted by Gasteiger charge is -2.06. The van der Waals surface area contributed by atoms with Crippen molar-refractivity contribution in [2.45, 2.75) is 26.7 Å². The molecule has 2 N–H and O–H groups in total. The van der Waals surface area contributed by atoms with Crippen LogP contribution in [-0.4, -0.2) is 0 Å². The predicted octanol–water partition coefficient (Wildman–Crippen LogP) is 2.73. The fourth-order valence-corrected chi connectivity index (χ4v) is 1.36. The van der Waals surface area contributed by atoms with E-state index in [1.807, 2.05) is 12.1 Å². The molecule has 0 heterocycles. The lowest BCUT2D eigenvalue weighted by molar-refractivity contribution is 0.586. The number of nitriles is 1. The van der Waals surface area contributed by atoms with E-state index in [1.165, 1.54) is 0 Å². The van der Waals surface area contributed by atoms with Crippen LogP contribution in [0.4, 0.5) is 5.69 Å².